The van der Waals surface area contributed by atoms with Crippen LogP contribution < -0.4 is 10.7 Å². The molecule has 38 heavy (non-hydrogen) atoms. The number of aryl methyl sites for hydroxylation is 1. The Morgan fingerprint density at radius 3 is 2.76 bits per heavy atom. The summed E-state index contributed by atoms with van der Waals surface area (Å²) in [4.78, 5) is 41.1. The molecule has 0 amide bonds. The van der Waals surface area contributed by atoms with Crippen LogP contribution in [0, 0.1) is 6.92 Å². The first-order valence-electron chi connectivity index (χ1n) is 13.0. The van der Waals surface area contributed by atoms with Gasteiger partial charge in [0.2, 0.25) is 0 Å². The lowest BCUT2D eigenvalue weighted by molar-refractivity contribution is -0.142. The topological polar surface area (TPSA) is 108 Å². The lowest BCUT2D eigenvalue weighted by atomic mass is 9.72. The molecule has 1 aliphatic carbocycles. The molecule has 1 aromatic carbocycles. The van der Waals surface area contributed by atoms with Crippen molar-refractivity contribution in [2.75, 3.05) is 13.2 Å². The largest absolute Gasteiger partial charge is 0.469 e. The fraction of sp³-hybridized carbons (Fsp3) is 0.367. The first-order chi connectivity index (χ1) is 18.4. The van der Waals surface area contributed by atoms with Crippen molar-refractivity contribution in [1.29, 1.82) is 0 Å². The molecule has 4 heterocycles. The maximum Gasteiger partial charge on any atom is 0.336 e. The number of fused-ring (bicyclic) bond motifs is 1. The fourth-order valence-corrected chi connectivity index (χ4v) is 5.83. The number of benzene rings is 1. The molecule has 2 aromatic heterocycles. The van der Waals surface area contributed by atoms with Crippen LogP contribution in [0.15, 0.2) is 79.0 Å². The molecule has 2 aliphatic heterocycles. The van der Waals surface area contributed by atoms with Gasteiger partial charge in [-0.15, -0.1) is 0 Å². The molecule has 1 saturated heterocycles. The van der Waals surface area contributed by atoms with Crippen molar-refractivity contribution in [3.8, 4) is 0 Å². The molecule has 8 heteroatoms. The lowest BCUT2D eigenvalue weighted by Gasteiger charge is -2.35. The highest BCUT2D eigenvalue weighted by molar-refractivity contribution is 6.04. The standard InChI is InChI=1S/C30H29NO7/c1-16-7-8-25-20(11-16)29(33)21(15-37-25)27-26(30(34)38-14-19-5-3-9-35-19)17(2)31-22-12-18(13-23(32)28(22)27)24-6-4-10-36-24/h4,6-8,10-11,15,18-19,27,31H,3,5,9,12-14H2,1-2H3/t18-,19+,27+/m0/s1. The molecule has 1 fully saturated rings. The van der Waals surface area contributed by atoms with Gasteiger partial charge in [-0.05, 0) is 57.4 Å². The van der Waals surface area contributed by atoms with Gasteiger partial charge in [-0.3, -0.25) is 9.59 Å². The highest BCUT2D eigenvalue weighted by Gasteiger charge is 2.43. The summed E-state index contributed by atoms with van der Waals surface area (Å²) >= 11 is 0. The van der Waals surface area contributed by atoms with E-state index in [1.165, 1.54) is 6.26 Å². The van der Waals surface area contributed by atoms with Gasteiger partial charge in [0.05, 0.1) is 35.5 Å². The van der Waals surface area contributed by atoms with Crippen LogP contribution in [0.3, 0.4) is 0 Å². The van der Waals surface area contributed by atoms with Crippen LogP contribution in [0.5, 0.6) is 0 Å². The SMILES string of the molecule is CC1=C(C(=O)OC[C@H]2CCCO2)[C@@H](c2coc3ccc(C)cc3c2=O)C2=C(C[C@H](c3ccco3)CC2=O)N1. The summed E-state index contributed by atoms with van der Waals surface area (Å²) in [6, 6.07) is 9.05. The van der Waals surface area contributed by atoms with E-state index >= 15 is 0 Å². The van der Waals surface area contributed by atoms with Gasteiger partial charge in [0.25, 0.3) is 0 Å². The van der Waals surface area contributed by atoms with Crippen molar-refractivity contribution in [2.24, 2.45) is 0 Å². The molecule has 3 aromatic rings. The van der Waals surface area contributed by atoms with Crippen molar-refractivity contribution in [3.05, 3.63) is 92.5 Å². The number of rotatable bonds is 5. The number of ether oxygens (including phenoxy) is 2. The minimum absolute atomic E-state index is 0.119. The summed E-state index contributed by atoms with van der Waals surface area (Å²) in [6.07, 6.45) is 5.29. The molecule has 0 unspecified atom stereocenters. The summed E-state index contributed by atoms with van der Waals surface area (Å²) in [7, 11) is 0. The third-order valence-corrected chi connectivity index (χ3v) is 7.68. The first kappa shape index (κ1) is 24.4. The van der Waals surface area contributed by atoms with Crippen molar-refractivity contribution >= 4 is 22.7 Å². The third kappa shape index (κ3) is 4.28. The third-order valence-electron chi connectivity index (χ3n) is 7.68. The van der Waals surface area contributed by atoms with Crippen LogP contribution in [-0.4, -0.2) is 31.1 Å². The maximum atomic E-state index is 13.8. The second-order valence-electron chi connectivity index (χ2n) is 10.3. The van der Waals surface area contributed by atoms with E-state index in [0.717, 1.165) is 24.2 Å². The maximum absolute atomic E-state index is 13.8. The van der Waals surface area contributed by atoms with Crippen LogP contribution in [0.4, 0.5) is 0 Å². The number of carbonyl (C=O) groups is 2. The molecule has 3 atom stereocenters. The molecule has 0 spiro atoms. The van der Waals surface area contributed by atoms with Crippen LogP contribution in [0.25, 0.3) is 11.0 Å². The van der Waals surface area contributed by atoms with Gasteiger partial charge in [-0.1, -0.05) is 11.6 Å². The fourth-order valence-electron chi connectivity index (χ4n) is 5.83. The summed E-state index contributed by atoms with van der Waals surface area (Å²) in [5.41, 5.74) is 3.20. The number of furan rings is 1. The number of hydrogen-bond donors (Lipinski definition) is 1. The summed E-state index contributed by atoms with van der Waals surface area (Å²) < 4.78 is 22.8. The van der Waals surface area contributed by atoms with Gasteiger partial charge >= 0.3 is 5.97 Å². The number of esters is 1. The molecule has 0 bridgehead atoms. The van der Waals surface area contributed by atoms with E-state index in [1.807, 2.05) is 19.1 Å². The van der Waals surface area contributed by atoms with Crippen molar-refractivity contribution in [1.82, 2.24) is 5.32 Å². The molecule has 3 aliphatic rings. The minimum Gasteiger partial charge on any atom is -0.469 e. The van der Waals surface area contributed by atoms with E-state index in [-0.39, 0.29) is 47.4 Å². The minimum atomic E-state index is -0.908. The highest BCUT2D eigenvalue weighted by atomic mass is 16.6. The van der Waals surface area contributed by atoms with E-state index in [0.29, 0.717) is 41.0 Å². The predicted octanol–water partition coefficient (Wildman–Crippen LogP) is 4.78. The highest BCUT2D eigenvalue weighted by Crippen LogP contribution is 2.45. The second-order valence-corrected chi connectivity index (χ2v) is 10.3. The Hall–Kier alpha value is -3.91. The smallest absolute Gasteiger partial charge is 0.336 e. The van der Waals surface area contributed by atoms with Gasteiger partial charge in [-0.2, -0.15) is 0 Å². The number of Topliss-reactive ketones (excluding diaryl/α,β-unsaturated/α-hetero) is 1. The number of carbonyl (C=O) groups excluding carboxylic acids is 2. The molecular formula is C30H29NO7. The van der Waals surface area contributed by atoms with E-state index in [2.05, 4.69) is 5.32 Å². The Bertz CT molecular complexity index is 1540. The van der Waals surface area contributed by atoms with Crippen molar-refractivity contribution in [3.63, 3.8) is 0 Å². The number of dihydropyridines is 1. The van der Waals surface area contributed by atoms with Crippen molar-refractivity contribution in [2.45, 2.75) is 57.5 Å². The van der Waals surface area contributed by atoms with Crippen LogP contribution >= 0.6 is 0 Å². The number of ketones is 1. The first-order valence-corrected chi connectivity index (χ1v) is 13.0. The van der Waals surface area contributed by atoms with E-state index < -0.39 is 11.9 Å². The summed E-state index contributed by atoms with van der Waals surface area (Å²) in [6.45, 7) is 4.43. The average Bonchev–Trinajstić information content (AvgIpc) is 3.62. The number of allylic oxidation sites excluding steroid dienone is 3. The van der Waals surface area contributed by atoms with Gasteiger partial charge in [0, 0.05) is 41.5 Å². The Morgan fingerprint density at radius 1 is 1.13 bits per heavy atom. The van der Waals surface area contributed by atoms with Crippen LogP contribution in [-0.2, 0) is 19.1 Å². The molecular weight excluding hydrogens is 486 g/mol. The monoisotopic (exact) mass is 515 g/mol. The zero-order valence-electron chi connectivity index (χ0n) is 21.4. The Kier molecular flexibility index (Phi) is 6.27. The Labute approximate surface area is 219 Å². The van der Waals surface area contributed by atoms with Crippen LogP contribution in [0.2, 0.25) is 0 Å². The summed E-state index contributed by atoms with van der Waals surface area (Å²) in [5.74, 6) is -1.04. The molecule has 196 valence electrons. The van der Waals surface area contributed by atoms with Gasteiger partial charge < -0.3 is 23.6 Å². The van der Waals surface area contributed by atoms with E-state index in [9.17, 15) is 14.4 Å². The Balaban J connectivity index is 1.45. The van der Waals surface area contributed by atoms with E-state index in [1.54, 1.807) is 31.4 Å². The molecule has 6 rings (SSSR count). The van der Waals surface area contributed by atoms with Crippen LogP contribution in [0.1, 0.15) is 61.3 Å². The summed E-state index contributed by atoms with van der Waals surface area (Å²) in [5, 5.41) is 3.70. The van der Waals surface area contributed by atoms with Gasteiger partial charge in [0.15, 0.2) is 11.2 Å². The lowest BCUT2D eigenvalue weighted by Crippen LogP contribution is -2.37. The van der Waals surface area contributed by atoms with Gasteiger partial charge in [-0.25, -0.2) is 4.79 Å². The quantitative estimate of drug-likeness (QED) is 0.484. The Morgan fingerprint density at radius 2 is 2.00 bits per heavy atom. The zero-order valence-corrected chi connectivity index (χ0v) is 21.4. The second kappa shape index (κ2) is 9.76. The molecule has 0 saturated carbocycles. The average molecular weight is 516 g/mol. The normalized spacial score (nSPS) is 23.5. The molecule has 1 N–H and O–H groups in total. The zero-order chi connectivity index (χ0) is 26.4. The number of hydrogen-bond acceptors (Lipinski definition) is 8. The van der Waals surface area contributed by atoms with E-state index in [4.69, 9.17) is 18.3 Å². The van der Waals surface area contributed by atoms with Gasteiger partial charge in [0.1, 0.15) is 18.0 Å². The number of nitrogens with one attached hydrogen (secondary N) is 1. The molecule has 8 nitrogen and oxygen atoms in total. The predicted molar refractivity (Wildman–Crippen MR) is 138 cm³/mol. The van der Waals surface area contributed by atoms with Crippen molar-refractivity contribution < 1.29 is 27.9 Å². The molecule has 0 radical (unpaired) electrons.